The summed E-state index contributed by atoms with van der Waals surface area (Å²) >= 11 is 0. The van der Waals surface area contributed by atoms with Crippen LogP contribution in [0, 0.1) is 11.6 Å². The third-order valence-electron chi connectivity index (χ3n) is 4.03. The molecule has 1 aliphatic rings. The van der Waals surface area contributed by atoms with Crippen LogP contribution in [-0.2, 0) is 6.42 Å². The topological polar surface area (TPSA) is 15.3 Å². The van der Waals surface area contributed by atoms with E-state index in [-0.39, 0.29) is 0 Å². The standard InChI is InChI=1S/C15H22F2N2/c1-11-7-15(18-2)4-6-19(11)5-3-12-8-13(16)10-14(17)9-12/h8-11,15,18H,3-7H2,1-2H3. The molecule has 1 saturated heterocycles. The van der Waals surface area contributed by atoms with Gasteiger partial charge in [-0.3, -0.25) is 0 Å². The molecule has 106 valence electrons. The van der Waals surface area contributed by atoms with E-state index in [1.54, 1.807) is 0 Å². The fourth-order valence-corrected chi connectivity index (χ4v) is 2.84. The molecule has 2 unspecified atom stereocenters. The van der Waals surface area contributed by atoms with Gasteiger partial charge in [-0.1, -0.05) is 0 Å². The van der Waals surface area contributed by atoms with Gasteiger partial charge in [0.25, 0.3) is 0 Å². The Bertz CT molecular complexity index is 402. The molecule has 1 aromatic rings. The van der Waals surface area contributed by atoms with Crippen LogP contribution in [-0.4, -0.2) is 37.1 Å². The molecule has 0 amide bonds. The van der Waals surface area contributed by atoms with E-state index in [9.17, 15) is 8.78 Å². The van der Waals surface area contributed by atoms with Crippen molar-refractivity contribution in [2.24, 2.45) is 0 Å². The van der Waals surface area contributed by atoms with E-state index in [0.29, 0.717) is 18.5 Å². The predicted octanol–water partition coefficient (Wildman–Crippen LogP) is 2.58. The van der Waals surface area contributed by atoms with Crippen molar-refractivity contribution in [2.45, 2.75) is 38.3 Å². The number of likely N-dealkylation sites (tertiary alicyclic amines) is 1. The van der Waals surface area contributed by atoms with Gasteiger partial charge in [0, 0.05) is 24.7 Å². The normalized spacial score (nSPS) is 24.6. The van der Waals surface area contributed by atoms with Crippen molar-refractivity contribution in [3.63, 3.8) is 0 Å². The number of rotatable bonds is 4. The number of hydrogen-bond donors (Lipinski definition) is 1. The van der Waals surface area contributed by atoms with Gasteiger partial charge in [-0.15, -0.1) is 0 Å². The number of nitrogens with zero attached hydrogens (tertiary/aromatic N) is 1. The number of nitrogens with one attached hydrogen (secondary N) is 1. The molecule has 4 heteroatoms. The van der Waals surface area contributed by atoms with Gasteiger partial charge in [0.1, 0.15) is 11.6 Å². The molecule has 19 heavy (non-hydrogen) atoms. The molecule has 1 aromatic carbocycles. The Labute approximate surface area is 113 Å². The second-order valence-electron chi connectivity index (χ2n) is 5.42. The summed E-state index contributed by atoms with van der Waals surface area (Å²) in [5.74, 6) is -0.978. The van der Waals surface area contributed by atoms with Crippen molar-refractivity contribution in [3.8, 4) is 0 Å². The Morgan fingerprint density at radius 1 is 1.26 bits per heavy atom. The van der Waals surface area contributed by atoms with Gasteiger partial charge in [-0.2, -0.15) is 0 Å². The van der Waals surface area contributed by atoms with Crippen molar-refractivity contribution < 1.29 is 8.78 Å². The quantitative estimate of drug-likeness (QED) is 0.903. The number of piperidine rings is 1. The Morgan fingerprint density at radius 2 is 1.95 bits per heavy atom. The first-order chi connectivity index (χ1) is 9.08. The second-order valence-corrected chi connectivity index (χ2v) is 5.42. The zero-order valence-electron chi connectivity index (χ0n) is 11.6. The highest BCUT2D eigenvalue weighted by Gasteiger charge is 2.23. The molecular formula is C15H22F2N2. The number of halogens is 2. The monoisotopic (exact) mass is 268 g/mol. The average Bonchev–Trinajstić information content (AvgIpc) is 2.36. The zero-order valence-corrected chi connectivity index (χ0v) is 11.6. The molecule has 1 fully saturated rings. The maximum Gasteiger partial charge on any atom is 0.126 e. The predicted molar refractivity (Wildman–Crippen MR) is 73.2 cm³/mol. The van der Waals surface area contributed by atoms with E-state index < -0.39 is 11.6 Å². The largest absolute Gasteiger partial charge is 0.317 e. The fourth-order valence-electron chi connectivity index (χ4n) is 2.84. The molecule has 0 bridgehead atoms. The smallest absolute Gasteiger partial charge is 0.126 e. The third-order valence-corrected chi connectivity index (χ3v) is 4.03. The highest BCUT2D eigenvalue weighted by atomic mass is 19.1. The summed E-state index contributed by atoms with van der Waals surface area (Å²) in [5.41, 5.74) is 0.737. The van der Waals surface area contributed by atoms with Crippen LogP contribution in [0.5, 0.6) is 0 Å². The molecule has 2 nitrogen and oxygen atoms in total. The first-order valence-corrected chi connectivity index (χ1v) is 6.94. The van der Waals surface area contributed by atoms with Crippen LogP contribution < -0.4 is 5.32 Å². The third kappa shape index (κ3) is 3.98. The molecule has 2 rings (SSSR count). The number of benzene rings is 1. The van der Waals surface area contributed by atoms with Crippen LogP contribution in [0.2, 0.25) is 0 Å². The summed E-state index contributed by atoms with van der Waals surface area (Å²) in [6.45, 7) is 4.13. The Morgan fingerprint density at radius 3 is 2.53 bits per heavy atom. The molecule has 0 aliphatic carbocycles. The van der Waals surface area contributed by atoms with E-state index in [4.69, 9.17) is 0 Å². The van der Waals surface area contributed by atoms with Crippen LogP contribution in [0.1, 0.15) is 25.3 Å². The first kappa shape index (κ1) is 14.4. The zero-order chi connectivity index (χ0) is 13.8. The molecule has 1 N–H and O–H groups in total. The van der Waals surface area contributed by atoms with Crippen molar-refractivity contribution in [1.29, 1.82) is 0 Å². The van der Waals surface area contributed by atoms with E-state index in [0.717, 1.165) is 37.6 Å². The maximum absolute atomic E-state index is 13.1. The van der Waals surface area contributed by atoms with Gasteiger partial charge < -0.3 is 10.2 Å². The molecule has 0 radical (unpaired) electrons. The van der Waals surface area contributed by atoms with Gasteiger partial charge in [0.15, 0.2) is 0 Å². The van der Waals surface area contributed by atoms with E-state index in [1.165, 1.54) is 12.1 Å². The van der Waals surface area contributed by atoms with Crippen molar-refractivity contribution in [2.75, 3.05) is 20.1 Å². The lowest BCUT2D eigenvalue weighted by Crippen LogP contribution is -2.47. The van der Waals surface area contributed by atoms with Crippen molar-refractivity contribution >= 4 is 0 Å². The Hall–Kier alpha value is -1.00. The van der Waals surface area contributed by atoms with E-state index in [1.807, 2.05) is 7.05 Å². The van der Waals surface area contributed by atoms with Crippen LogP contribution in [0.15, 0.2) is 18.2 Å². The minimum atomic E-state index is -0.489. The fraction of sp³-hybridized carbons (Fsp3) is 0.600. The first-order valence-electron chi connectivity index (χ1n) is 6.94. The van der Waals surface area contributed by atoms with Gasteiger partial charge in [0.2, 0.25) is 0 Å². The SMILES string of the molecule is CNC1CCN(CCc2cc(F)cc(F)c2)C(C)C1. The maximum atomic E-state index is 13.1. The molecule has 2 atom stereocenters. The van der Waals surface area contributed by atoms with Crippen LogP contribution in [0.3, 0.4) is 0 Å². The van der Waals surface area contributed by atoms with Crippen molar-refractivity contribution in [1.82, 2.24) is 10.2 Å². The molecule has 0 saturated carbocycles. The summed E-state index contributed by atoms with van der Waals surface area (Å²) in [6.07, 6.45) is 2.97. The second kappa shape index (κ2) is 6.44. The Kier molecular flexibility index (Phi) is 4.88. The lowest BCUT2D eigenvalue weighted by molar-refractivity contribution is 0.140. The number of hydrogen-bond acceptors (Lipinski definition) is 2. The molecular weight excluding hydrogens is 246 g/mol. The van der Waals surface area contributed by atoms with Gasteiger partial charge in [-0.25, -0.2) is 8.78 Å². The average molecular weight is 268 g/mol. The summed E-state index contributed by atoms with van der Waals surface area (Å²) < 4.78 is 26.2. The van der Waals surface area contributed by atoms with E-state index in [2.05, 4.69) is 17.1 Å². The van der Waals surface area contributed by atoms with Gasteiger partial charge >= 0.3 is 0 Å². The van der Waals surface area contributed by atoms with Crippen LogP contribution >= 0.6 is 0 Å². The van der Waals surface area contributed by atoms with Crippen LogP contribution in [0.4, 0.5) is 8.78 Å². The van der Waals surface area contributed by atoms with Gasteiger partial charge in [-0.05, 0) is 57.5 Å². The minimum absolute atomic E-state index is 0.489. The Balaban J connectivity index is 1.88. The summed E-state index contributed by atoms with van der Waals surface area (Å²) in [6, 6.07) is 4.88. The van der Waals surface area contributed by atoms with E-state index >= 15 is 0 Å². The summed E-state index contributed by atoms with van der Waals surface area (Å²) in [5, 5.41) is 3.32. The minimum Gasteiger partial charge on any atom is -0.317 e. The highest BCUT2D eigenvalue weighted by Crippen LogP contribution is 2.18. The van der Waals surface area contributed by atoms with Gasteiger partial charge in [0.05, 0.1) is 0 Å². The summed E-state index contributed by atoms with van der Waals surface area (Å²) in [4.78, 5) is 2.40. The summed E-state index contributed by atoms with van der Waals surface area (Å²) in [7, 11) is 2.00. The lowest BCUT2D eigenvalue weighted by atomic mass is 9.98. The van der Waals surface area contributed by atoms with Crippen molar-refractivity contribution in [3.05, 3.63) is 35.4 Å². The highest BCUT2D eigenvalue weighted by molar-refractivity contribution is 5.18. The molecule has 0 aromatic heterocycles. The lowest BCUT2D eigenvalue weighted by Gasteiger charge is -2.37. The molecule has 0 spiro atoms. The molecule has 1 aliphatic heterocycles. The molecule has 1 heterocycles. The van der Waals surface area contributed by atoms with Crippen LogP contribution in [0.25, 0.3) is 0 Å².